The molecule has 3 N–H and O–H groups in total. The molecule has 1 aliphatic heterocycles. The number of carbonyl (C=O) groups excluding carboxylic acids is 1. The van der Waals surface area contributed by atoms with Gasteiger partial charge in [-0.25, -0.2) is 27.9 Å². The van der Waals surface area contributed by atoms with Crippen molar-refractivity contribution in [1.82, 2.24) is 28.9 Å². The highest BCUT2D eigenvalue weighted by atomic mass is 32.2. The maximum atomic E-state index is 13.7. The van der Waals surface area contributed by atoms with Crippen LogP contribution in [0.3, 0.4) is 0 Å². The normalized spacial score (nSPS) is 19.1. The fourth-order valence-corrected chi connectivity index (χ4v) is 6.75. The van der Waals surface area contributed by atoms with Gasteiger partial charge in [-0.15, -0.1) is 11.3 Å². The minimum Gasteiger partial charge on any atom is -0.366 e. The van der Waals surface area contributed by atoms with Crippen LogP contribution in [0.25, 0.3) is 16.2 Å². The molecule has 0 spiro atoms. The Morgan fingerprint density at radius 2 is 2.05 bits per heavy atom. The third-order valence-corrected chi connectivity index (χ3v) is 9.00. The Labute approximate surface area is 218 Å². The molecular weight excluding hydrogens is 545 g/mol. The topological polar surface area (TPSA) is 148 Å². The minimum absolute atomic E-state index is 0.0406. The van der Waals surface area contributed by atoms with Crippen molar-refractivity contribution in [1.29, 1.82) is 0 Å². The number of piperidine rings is 1. The number of sulfonamides is 1. The van der Waals surface area contributed by atoms with Gasteiger partial charge in [-0.05, 0) is 30.5 Å². The number of nitrogens with zero attached hydrogens (tertiary/aromatic N) is 6. The van der Waals surface area contributed by atoms with Crippen molar-refractivity contribution in [2.75, 3.05) is 18.4 Å². The SMILES string of the molecule is C[C@@H]1CN(S(=O)(=O)c2cnc3cccnn23)CC[C@@H]1Nc1ncc(C(F)(F)F)c(-c2cc(C(N)=O)cs2)n1. The summed E-state index contributed by atoms with van der Waals surface area (Å²) in [6, 6.07) is 4.25. The van der Waals surface area contributed by atoms with Crippen LogP contribution in [0.5, 0.6) is 0 Å². The third-order valence-electron chi connectivity index (χ3n) is 6.24. The van der Waals surface area contributed by atoms with E-state index in [1.54, 1.807) is 12.1 Å². The first-order chi connectivity index (χ1) is 17.9. The number of primary amides is 1. The van der Waals surface area contributed by atoms with Crippen molar-refractivity contribution in [3.8, 4) is 10.6 Å². The third kappa shape index (κ3) is 4.81. The molecule has 2 atom stereocenters. The molecule has 11 nitrogen and oxygen atoms in total. The van der Waals surface area contributed by atoms with Gasteiger partial charge in [0.15, 0.2) is 10.7 Å². The van der Waals surface area contributed by atoms with Gasteiger partial charge in [-0.3, -0.25) is 4.79 Å². The summed E-state index contributed by atoms with van der Waals surface area (Å²) < 4.78 is 70.2. The molecule has 5 rings (SSSR count). The number of nitrogens with two attached hydrogens (primary N) is 1. The van der Waals surface area contributed by atoms with Gasteiger partial charge < -0.3 is 11.1 Å². The van der Waals surface area contributed by atoms with Crippen molar-refractivity contribution in [3.05, 3.63) is 53.3 Å². The van der Waals surface area contributed by atoms with Gasteiger partial charge in [0.1, 0.15) is 5.56 Å². The lowest BCUT2D eigenvalue weighted by atomic mass is 9.95. The van der Waals surface area contributed by atoms with Crippen LogP contribution in [0.4, 0.5) is 19.1 Å². The number of aromatic nitrogens is 5. The molecule has 5 heterocycles. The molecule has 0 radical (unpaired) electrons. The van der Waals surface area contributed by atoms with Crippen LogP contribution in [0.2, 0.25) is 0 Å². The highest BCUT2D eigenvalue weighted by Gasteiger charge is 2.38. The molecule has 4 aromatic heterocycles. The van der Waals surface area contributed by atoms with Crippen LogP contribution in [-0.4, -0.2) is 62.3 Å². The van der Waals surface area contributed by atoms with E-state index in [1.165, 1.54) is 32.7 Å². The largest absolute Gasteiger partial charge is 0.420 e. The van der Waals surface area contributed by atoms with E-state index in [4.69, 9.17) is 5.73 Å². The Morgan fingerprint density at radius 1 is 1.26 bits per heavy atom. The second kappa shape index (κ2) is 9.59. The summed E-state index contributed by atoms with van der Waals surface area (Å²) in [5.41, 5.74) is 4.30. The number of hydrogen-bond acceptors (Lipinski definition) is 9. The number of hydrogen-bond donors (Lipinski definition) is 2. The van der Waals surface area contributed by atoms with E-state index in [0.29, 0.717) is 18.3 Å². The van der Waals surface area contributed by atoms with Gasteiger partial charge >= 0.3 is 6.18 Å². The Morgan fingerprint density at radius 3 is 2.74 bits per heavy atom. The molecule has 0 aromatic carbocycles. The number of anilines is 1. The lowest BCUT2D eigenvalue weighted by Gasteiger charge is -2.36. The number of carbonyl (C=O) groups is 1. The summed E-state index contributed by atoms with van der Waals surface area (Å²) in [7, 11) is -3.89. The van der Waals surface area contributed by atoms with Gasteiger partial charge in [-0.1, -0.05) is 6.92 Å². The van der Waals surface area contributed by atoms with E-state index >= 15 is 0 Å². The van der Waals surface area contributed by atoms with Crippen molar-refractivity contribution >= 4 is 38.9 Å². The Balaban J connectivity index is 1.36. The maximum absolute atomic E-state index is 13.7. The molecule has 16 heteroatoms. The zero-order chi connectivity index (χ0) is 27.2. The number of imidazole rings is 1. The summed E-state index contributed by atoms with van der Waals surface area (Å²) in [6.07, 6.45) is -0.940. The Kier molecular flexibility index (Phi) is 6.56. The molecule has 38 heavy (non-hydrogen) atoms. The van der Waals surface area contributed by atoms with Gasteiger partial charge in [0.05, 0.1) is 22.3 Å². The van der Waals surface area contributed by atoms with E-state index in [1.807, 2.05) is 6.92 Å². The van der Waals surface area contributed by atoms with E-state index in [-0.39, 0.29) is 52.2 Å². The van der Waals surface area contributed by atoms with E-state index < -0.39 is 27.7 Å². The first kappa shape index (κ1) is 26.0. The van der Waals surface area contributed by atoms with Gasteiger partial charge in [0.25, 0.3) is 10.0 Å². The predicted molar refractivity (Wildman–Crippen MR) is 132 cm³/mol. The molecule has 1 fully saturated rings. The average Bonchev–Trinajstić information content (AvgIpc) is 3.53. The molecule has 0 aliphatic carbocycles. The molecule has 0 unspecified atom stereocenters. The molecule has 0 saturated carbocycles. The summed E-state index contributed by atoms with van der Waals surface area (Å²) in [5, 5.41) is 8.45. The highest BCUT2D eigenvalue weighted by molar-refractivity contribution is 7.89. The highest BCUT2D eigenvalue weighted by Crippen LogP contribution is 2.38. The van der Waals surface area contributed by atoms with Crippen molar-refractivity contribution in [3.63, 3.8) is 0 Å². The first-order valence-electron chi connectivity index (χ1n) is 11.3. The van der Waals surface area contributed by atoms with Crippen molar-refractivity contribution in [2.45, 2.75) is 30.6 Å². The monoisotopic (exact) mass is 566 g/mol. The van der Waals surface area contributed by atoms with Gasteiger partial charge in [0, 0.05) is 36.9 Å². The quantitative estimate of drug-likeness (QED) is 0.362. The molecule has 1 saturated heterocycles. The van der Waals surface area contributed by atoms with Gasteiger partial charge in [0.2, 0.25) is 11.9 Å². The van der Waals surface area contributed by atoms with Crippen LogP contribution >= 0.6 is 11.3 Å². The number of halogens is 3. The number of amides is 1. The number of fused-ring (bicyclic) bond motifs is 1. The molecular formula is C22H21F3N8O3S2. The van der Waals surface area contributed by atoms with Gasteiger partial charge in [-0.2, -0.15) is 22.6 Å². The Hall–Kier alpha value is -3.63. The summed E-state index contributed by atoms with van der Waals surface area (Å²) in [4.78, 5) is 23.6. The lowest BCUT2D eigenvalue weighted by molar-refractivity contribution is -0.137. The van der Waals surface area contributed by atoms with Crippen LogP contribution in [0.15, 0.2) is 47.2 Å². The average molecular weight is 567 g/mol. The van der Waals surface area contributed by atoms with E-state index in [2.05, 4.69) is 25.4 Å². The molecule has 0 bridgehead atoms. The second-order valence-electron chi connectivity index (χ2n) is 8.79. The fraction of sp³-hybridized carbons (Fsp3) is 0.318. The Bertz CT molecular complexity index is 1620. The number of alkyl halides is 3. The zero-order valence-electron chi connectivity index (χ0n) is 19.8. The zero-order valence-corrected chi connectivity index (χ0v) is 21.4. The molecule has 4 aromatic rings. The van der Waals surface area contributed by atoms with Crippen molar-refractivity contribution < 1.29 is 26.4 Å². The minimum atomic E-state index is -4.72. The standard InChI is InChI=1S/C22H21F3N8O3S2/c1-12-10-32(38(35,36)18-9-27-17-3-2-5-29-33(17)18)6-4-15(12)30-21-28-8-14(22(23,24)25)19(31-21)16-7-13(11-37-16)20(26)34/h2-3,5,7-9,11-12,15H,4,6,10H2,1H3,(H2,26,34)(H,28,30,31)/t12-,15+/m1/s1. The number of rotatable bonds is 6. The van der Waals surface area contributed by atoms with Crippen LogP contribution in [0.1, 0.15) is 29.3 Å². The maximum Gasteiger partial charge on any atom is 0.420 e. The first-order valence-corrected chi connectivity index (χ1v) is 13.7. The molecule has 200 valence electrons. The lowest BCUT2D eigenvalue weighted by Crippen LogP contribution is -2.47. The predicted octanol–water partition coefficient (Wildman–Crippen LogP) is 2.88. The number of thiophene rings is 1. The van der Waals surface area contributed by atoms with Crippen LogP contribution < -0.4 is 11.1 Å². The summed E-state index contributed by atoms with van der Waals surface area (Å²) in [5.74, 6) is -1.03. The smallest absolute Gasteiger partial charge is 0.366 e. The van der Waals surface area contributed by atoms with Crippen LogP contribution in [0, 0.1) is 5.92 Å². The molecule has 1 aliphatic rings. The second-order valence-corrected chi connectivity index (χ2v) is 11.6. The van der Waals surface area contributed by atoms with Crippen LogP contribution in [-0.2, 0) is 16.2 Å². The van der Waals surface area contributed by atoms with E-state index in [9.17, 15) is 26.4 Å². The van der Waals surface area contributed by atoms with Crippen molar-refractivity contribution in [2.24, 2.45) is 11.7 Å². The summed E-state index contributed by atoms with van der Waals surface area (Å²) >= 11 is 0.914. The number of nitrogens with one attached hydrogen (secondary N) is 1. The summed E-state index contributed by atoms with van der Waals surface area (Å²) in [6.45, 7) is 2.14. The molecule has 1 amide bonds. The van der Waals surface area contributed by atoms with E-state index in [0.717, 1.165) is 11.3 Å². The fourth-order valence-electron chi connectivity index (χ4n) is 4.26.